The molecule has 26 heavy (non-hydrogen) atoms. The van der Waals surface area contributed by atoms with Crippen LogP contribution in [-0.2, 0) is 35.2 Å². The zero-order valence-electron chi connectivity index (χ0n) is 14.7. The molecule has 0 aromatic heterocycles. The van der Waals surface area contributed by atoms with Gasteiger partial charge in [-0.2, -0.15) is 0 Å². The highest BCUT2D eigenvalue weighted by atomic mass is 16.7. The van der Waals surface area contributed by atoms with Gasteiger partial charge in [-0.25, -0.2) is 4.79 Å². The zero-order chi connectivity index (χ0) is 19.3. The van der Waals surface area contributed by atoms with Crippen LogP contribution in [0.4, 0.5) is 0 Å². The molecule has 0 spiro atoms. The Bertz CT molecular complexity index is 648. The summed E-state index contributed by atoms with van der Waals surface area (Å²) in [5.41, 5.74) is 0.738. The van der Waals surface area contributed by atoms with Gasteiger partial charge in [-0.05, 0) is 5.56 Å². The predicted octanol–water partition coefficient (Wildman–Crippen LogP) is -0.617. The van der Waals surface area contributed by atoms with Gasteiger partial charge in [0.25, 0.3) is 5.91 Å². The molecule has 1 saturated heterocycles. The van der Waals surface area contributed by atoms with E-state index in [1.165, 1.54) is 21.1 Å². The summed E-state index contributed by atoms with van der Waals surface area (Å²) in [6.45, 7) is 1.21. The molecule has 1 aromatic carbocycles. The fraction of sp³-hybridized carbons (Fsp3) is 0.471. The van der Waals surface area contributed by atoms with Gasteiger partial charge >= 0.3 is 5.97 Å². The predicted molar refractivity (Wildman–Crippen MR) is 88.3 cm³/mol. The van der Waals surface area contributed by atoms with Crippen molar-refractivity contribution in [1.82, 2.24) is 10.2 Å². The molecule has 2 amide bonds. The lowest BCUT2D eigenvalue weighted by atomic mass is 9.93. The molecule has 2 rings (SSSR count). The van der Waals surface area contributed by atoms with Crippen LogP contribution in [0.15, 0.2) is 30.3 Å². The van der Waals surface area contributed by atoms with Crippen molar-refractivity contribution in [3.63, 3.8) is 0 Å². The van der Waals surface area contributed by atoms with Crippen molar-refractivity contribution in [2.75, 3.05) is 14.2 Å². The van der Waals surface area contributed by atoms with Gasteiger partial charge in [0, 0.05) is 21.1 Å². The number of benzene rings is 1. The summed E-state index contributed by atoms with van der Waals surface area (Å²) in [6.07, 6.45) is -2.78. The number of nitrogens with one attached hydrogen (secondary N) is 1. The van der Waals surface area contributed by atoms with E-state index in [1.54, 1.807) is 24.3 Å². The number of carbonyl (C=O) groups excluding carboxylic acids is 3. The average molecular weight is 366 g/mol. The van der Waals surface area contributed by atoms with E-state index in [0.29, 0.717) is 0 Å². The van der Waals surface area contributed by atoms with Crippen molar-refractivity contribution in [3.05, 3.63) is 35.9 Å². The molecule has 1 aliphatic rings. The van der Waals surface area contributed by atoms with E-state index in [4.69, 9.17) is 14.2 Å². The van der Waals surface area contributed by atoms with E-state index < -0.39 is 42.4 Å². The van der Waals surface area contributed by atoms with Gasteiger partial charge in [0.05, 0.1) is 0 Å². The van der Waals surface area contributed by atoms with Gasteiger partial charge in [-0.1, -0.05) is 30.3 Å². The summed E-state index contributed by atoms with van der Waals surface area (Å²) in [5, 5.41) is 12.7. The summed E-state index contributed by atoms with van der Waals surface area (Å²) in [6, 6.07) is 7.07. The van der Waals surface area contributed by atoms with Gasteiger partial charge in [0.15, 0.2) is 6.29 Å². The monoisotopic (exact) mass is 366 g/mol. The van der Waals surface area contributed by atoms with E-state index >= 15 is 0 Å². The molecule has 9 heteroatoms. The van der Waals surface area contributed by atoms with Crippen molar-refractivity contribution in [2.24, 2.45) is 0 Å². The number of β-lactam (4-membered cyclic amide) rings is 1. The molecule has 9 nitrogen and oxygen atoms in total. The minimum absolute atomic E-state index is 0.0451. The molecule has 3 atom stereocenters. The first kappa shape index (κ1) is 19.8. The lowest BCUT2D eigenvalue weighted by molar-refractivity contribution is -0.221. The fourth-order valence-corrected chi connectivity index (χ4v) is 2.76. The maximum atomic E-state index is 12.3. The van der Waals surface area contributed by atoms with Crippen molar-refractivity contribution < 1.29 is 33.7 Å². The highest BCUT2D eigenvalue weighted by Crippen LogP contribution is 2.27. The number of rotatable bonds is 8. The molecule has 2 N–H and O–H groups in total. The topological polar surface area (TPSA) is 114 Å². The number of esters is 1. The van der Waals surface area contributed by atoms with E-state index in [1.807, 2.05) is 6.07 Å². The van der Waals surface area contributed by atoms with Crippen LogP contribution in [0.2, 0.25) is 0 Å². The Kier molecular flexibility index (Phi) is 6.67. The number of aliphatic hydroxyl groups excluding tert-OH is 1. The van der Waals surface area contributed by atoms with Gasteiger partial charge in [-0.3, -0.25) is 14.5 Å². The maximum Gasteiger partial charge on any atom is 0.356 e. The minimum atomic E-state index is -1.84. The summed E-state index contributed by atoms with van der Waals surface area (Å²) >= 11 is 0. The second kappa shape index (κ2) is 8.75. The zero-order valence-corrected chi connectivity index (χ0v) is 14.7. The first-order valence-electron chi connectivity index (χ1n) is 7.94. The Labute approximate surface area is 150 Å². The summed E-state index contributed by atoms with van der Waals surface area (Å²) in [4.78, 5) is 36.6. The molecular formula is C17H22N2O7. The largest absolute Gasteiger partial charge is 0.457 e. The highest BCUT2D eigenvalue weighted by molar-refractivity contribution is 5.96. The maximum absolute atomic E-state index is 12.3. The molecule has 1 fully saturated rings. The Morgan fingerprint density at radius 3 is 2.38 bits per heavy atom. The molecular weight excluding hydrogens is 344 g/mol. The lowest BCUT2D eigenvalue weighted by Gasteiger charge is -2.50. The first-order chi connectivity index (χ1) is 12.4. The molecule has 1 heterocycles. The number of methoxy groups -OCH3 is 2. The quantitative estimate of drug-likeness (QED) is 0.358. The molecule has 1 aliphatic heterocycles. The van der Waals surface area contributed by atoms with Crippen molar-refractivity contribution >= 4 is 17.8 Å². The Morgan fingerprint density at radius 1 is 1.23 bits per heavy atom. The molecule has 3 unspecified atom stereocenters. The number of carbonyl (C=O) groups is 3. The first-order valence-corrected chi connectivity index (χ1v) is 7.94. The summed E-state index contributed by atoms with van der Waals surface area (Å²) in [7, 11) is 2.69. The lowest BCUT2D eigenvalue weighted by Crippen LogP contribution is -2.77. The van der Waals surface area contributed by atoms with Crippen molar-refractivity contribution in [1.29, 1.82) is 0 Å². The van der Waals surface area contributed by atoms with E-state index in [9.17, 15) is 19.5 Å². The number of amides is 2. The van der Waals surface area contributed by atoms with Crippen LogP contribution in [0.5, 0.6) is 0 Å². The molecule has 0 bridgehead atoms. The third-order valence-corrected chi connectivity index (χ3v) is 3.98. The second-order valence-electron chi connectivity index (χ2n) is 5.72. The second-order valence-corrected chi connectivity index (χ2v) is 5.72. The van der Waals surface area contributed by atoms with Gasteiger partial charge in [-0.15, -0.1) is 0 Å². The number of nitrogens with zero attached hydrogens (tertiary/aromatic N) is 1. The van der Waals surface area contributed by atoms with E-state index in [2.05, 4.69) is 5.32 Å². The van der Waals surface area contributed by atoms with Crippen LogP contribution in [0.3, 0.4) is 0 Å². The SMILES string of the molecule is COC(OC)C1C(NC(C)=O)C(=O)N1C(O)C(=O)OCc1ccccc1. The number of hydrogen-bond donors (Lipinski definition) is 2. The number of likely N-dealkylation sites (tertiary alicyclic amines) is 1. The third-order valence-electron chi connectivity index (χ3n) is 3.98. The fourth-order valence-electron chi connectivity index (χ4n) is 2.76. The third kappa shape index (κ3) is 4.18. The number of ether oxygens (including phenoxy) is 3. The standard InChI is InChI=1S/C17H22N2O7/c1-10(20)18-12-13(17(24-2)25-3)19(14(12)21)15(22)16(23)26-9-11-7-5-4-6-8-11/h4-8,12-13,15,17,22H,9H2,1-3H3,(H,18,20). The molecule has 0 radical (unpaired) electrons. The summed E-state index contributed by atoms with van der Waals surface area (Å²) in [5.74, 6) is -2.05. The molecule has 0 aliphatic carbocycles. The number of hydrogen-bond acceptors (Lipinski definition) is 7. The van der Waals surface area contributed by atoms with Gasteiger partial charge < -0.3 is 24.6 Å². The van der Waals surface area contributed by atoms with Crippen LogP contribution in [0.1, 0.15) is 12.5 Å². The van der Waals surface area contributed by atoms with Gasteiger partial charge in [0.2, 0.25) is 12.1 Å². The van der Waals surface area contributed by atoms with Crippen molar-refractivity contribution in [2.45, 2.75) is 38.1 Å². The molecule has 142 valence electrons. The average Bonchev–Trinajstić information content (AvgIpc) is 2.64. The van der Waals surface area contributed by atoms with Crippen LogP contribution in [-0.4, -0.2) is 66.6 Å². The Balaban J connectivity index is 2.06. The number of aliphatic hydroxyl groups is 1. The normalized spacial score (nSPS) is 20.5. The molecule has 0 saturated carbocycles. The van der Waals surface area contributed by atoms with Crippen LogP contribution in [0.25, 0.3) is 0 Å². The van der Waals surface area contributed by atoms with E-state index in [-0.39, 0.29) is 6.61 Å². The van der Waals surface area contributed by atoms with Crippen LogP contribution < -0.4 is 5.32 Å². The summed E-state index contributed by atoms with van der Waals surface area (Å²) < 4.78 is 15.3. The van der Waals surface area contributed by atoms with Crippen LogP contribution >= 0.6 is 0 Å². The highest BCUT2D eigenvalue weighted by Gasteiger charge is 2.56. The van der Waals surface area contributed by atoms with Crippen molar-refractivity contribution in [3.8, 4) is 0 Å². The Hall–Kier alpha value is -2.49. The molecule has 1 aromatic rings. The van der Waals surface area contributed by atoms with E-state index in [0.717, 1.165) is 10.5 Å². The minimum Gasteiger partial charge on any atom is -0.457 e. The van der Waals surface area contributed by atoms with Gasteiger partial charge in [0.1, 0.15) is 18.7 Å². The Morgan fingerprint density at radius 2 is 1.85 bits per heavy atom. The smallest absolute Gasteiger partial charge is 0.356 e. The van der Waals surface area contributed by atoms with Crippen LogP contribution in [0, 0.1) is 0 Å².